The van der Waals surface area contributed by atoms with Crippen molar-refractivity contribution >= 4 is 44.9 Å². The molecule has 2 aliphatic carbocycles. The number of rotatable bonds is 6. The van der Waals surface area contributed by atoms with E-state index in [4.69, 9.17) is 0 Å². The van der Waals surface area contributed by atoms with Gasteiger partial charge in [-0.2, -0.15) is 0 Å². The van der Waals surface area contributed by atoms with Crippen LogP contribution < -0.4 is 9.80 Å². The quantitative estimate of drug-likeness (QED) is 0.165. The minimum absolute atomic E-state index is 0.111. The molecule has 1 atom stereocenters. The van der Waals surface area contributed by atoms with Crippen molar-refractivity contribution in [3.8, 4) is 33.4 Å². The Balaban J connectivity index is 0.974. The van der Waals surface area contributed by atoms with Crippen LogP contribution in [0, 0.1) is 0 Å². The van der Waals surface area contributed by atoms with Gasteiger partial charge in [0, 0.05) is 33.4 Å². The van der Waals surface area contributed by atoms with E-state index in [-0.39, 0.29) is 5.41 Å². The van der Waals surface area contributed by atoms with Crippen LogP contribution in [0.25, 0.3) is 44.2 Å². The molecule has 2 nitrogen and oxygen atoms in total. The van der Waals surface area contributed by atoms with Gasteiger partial charge in [0.2, 0.25) is 0 Å². The molecule has 0 amide bonds. The van der Waals surface area contributed by atoms with Gasteiger partial charge in [0.05, 0.1) is 22.5 Å². The van der Waals surface area contributed by atoms with E-state index >= 15 is 0 Å². The Labute approximate surface area is 375 Å². The van der Waals surface area contributed by atoms with E-state index in [0.29, 0.717) is 0 Å². The first kappa shape index (κ1) is 36.7. The molecule has 0 aromatic heterocycles. The molecular formula is C62H44N2. The number of fused-ring (bicyclic) bond motifs is 9. The Morgan fingerprint density at radius 1 is 0.391 bits per heavy atom. The highest BCUT2D eigenvalue weighted by Gasteiger charge is 2.52. The molecule has 10 aromatic carbocycles. The zero-order valence-corrected chi connectivity index (χ0v) is 35.8. The fraction of sp³-hybridized carbons (Fsp3) is 0.0645. The highest BCUT2D eigenvalue weighted by molar-refractivity contribution is 6.01. The molecule has 1 heterocycles. The minimum atomic E-state index is -0.507. The maximum absolute atomic E-state index is 2.48. The lowest BCUT2D eigenvalue weighted by Gasteiger charge is -2.44. The van der Waals surface area contributed by atoms with Crippen molar-refractivity contribution in [3.63, 3.8) is 0 Å². The van der Waals surface area contributed by atoms with Crippen molar-refractivity contribution < 1.29 is 0 Å². The maximum atomic E-state index is 2.48. The maximum Gasteiger partial charge on any atom is 0.0754 e. The van der Waals surface area contributed by atoms with Crippen LogP contribution in [0.5, 0.6) is 0 Å². The molecule has 2 heteroatoms. The molecule has 0 fully saturated rings. The molecule has 0 saturated heterocycles. The average Bonchev–Trinajstić information content (AvgIpc) is 3.78. The Bertz CT molecular complexity index is 3470. The third-order valence-electron chi connectivity index (χ3n) is 14.4. The predicted molar refractivity (Wildman–Crippen MR) is 267 cm³/mol. The summed E-state index contributed by atoms with van der Waals surface area (Å²) < 4.78 is 0. The number of hydrogen-bond donors (Lipinski definition) is 0. The second-order valence-corrected chi connectivity index (χ2v) is 18.0. The lowest BCUT2D eigenvalue weighted by Crippen LogP contribution is -2.35. The summed E-state index contributed by atoms with van der Waals surface area (Å²) in [7, 11) is 0. The third kappa shape index (κ3) is 5.08. The van der Waals surface area contributed by atoms with E-state index in [1.54, 1.807) is 0 Å². The molecule has 0 spiro atoms. The zero-order chi connectivity index (χ0) is 42.6. The number of benzene rings is 10. The van der Waals surface area contributed by atoms with E-state index < -0.39 is 5.41 Å². The molecule has 0 saturated carbocycles. The number of para-hydroxylation sites is 2. The first-order chi connectivity index (χ1) is 31.5. The molecular weight excluding hydrogens is 773 g/mol. The Morgan fingerprint density at radius 2 is 0.984 bits per heavy atom. The van der Waals surface area contributed by atoms with Gasteiger partial charge in [-0.15, -0.1) is 0 Å². The van der Waals surface area contributed by atoms with Crippen molar-refractivity contribution in [2.45, 2.75) is 24.7 Å². The van der Waals surface area contributed by atoms with Crippen LogP contribution in [-0.4, -0.2) is 0 Å². The van der Waals surface area contributed by atoms with E-state index in [1.165, 1.54) is 88.9 Å². The van der Waals surface area contributed by atoms with Gasteiger partial charge in [-0.3, -0.25) is 0 Å². The van der Waals surface area contributed by atoms with Crippen LogP contribution in [0.4, 0.5) is 34.1 Å². The van der Waals surface area contributed by atoms with Crippen LogP contribution in [0.15, 0.2) is 231 Å². The summed E-state index contributed by atoms with van der Waals surface area (Å²) in [4.78, 5) is 4.91. The standard InChI is InChI=1S/C62H44N2/c1-61(2)53-26-12-11-24-49(53)50-38-36-47(40-55(50)61)63(57-29-15-18-42-17-9-10-23-48(42)57)46-34-31-41(32-35-46)43-33-37-51-52-25-16-30-59-60(52)62(56(51)39-43,44-19-5-3-6-20-44)54-27-13-14-28-58(54)64(59)45-21-7-4-8-22-45/h3-40H,1-2H3. The average molecular weight is 817 g/mol. The number of nitrogens with zero attached hydrogens (tertiary/aromatic N) is 2. The van der Waals surface area contributed by atoms with Crippen molar-refractivity contribution in [2.75, 3.05) is 9.80 Å². The van der Waals surface area contributed by atoms with E-state index in [0.717, 1.165) is 22.7 Å². The fourth-order valence-electron chi connectivity index (χ4n) is 11.6. The summed E-state index contributed by atoms with van der Waals surface area (Å²) in [6.45, 7) is 4.73. The SMILES string of the molecule is CC1(C)c2ccccc2-c2ccc(N(c3ccc(-c4ccc5c(c4)C4(c6ccccc6)c6ccccc6N(c6ccccc6)c6cccc-5c64)cc3)c3cccc4ccccc34)cc21. The second-order valence-electron chi connectivity index (χ2n) is 18.0. The van der Waals surface area contributed by atoms with E-state index in [1.807, 2.05) is 0 Å². The molecule has 1 unspecified atom stereocenters. The van der Waals surface area contributed by atoms with Gasteiger partial charge in [0.25, 0.3) is 0 Å². The highest BCUT2D eigenvalue weighted by atomic mass is 15.2. The topological polar surface area (TPSA) is 6.48 Å². The first-order valence-electron chi connectivity index (χ1n) is 22.4. The van der Waals surface area contributed by atoms with E-state index in [2.05, 4.69) is 254 Å². The molecule has 302 valence electrons. The van der Waals surface area contributed by atoms with Gasteiger partial charge in [0.15, 0.2) is 0 Å². The second kappa shape index (κ2) is 13.8. The highest BCUT2D eigenvalue weighted by Crippen LogP contribution is 2.65. The van der Waals surface area contributed by atoms with Gasteiger partial charge in [-0.05, 0) is 127 Å². The predicted octanol–water partition coefficient (Wildman–Crippen LogP) is 16.4. The van der Waals surface area contributed by atoms with E-state index in [9.17, 15) is 0 Å². The monoisotopic (exact) mass is 816 g/mol. The Hall–Kier alpha value is -7.94. The van der Waals surface area contributed by atoms with Crippen molar-refractivity contribution in [1.82, 2.24) is 0 Å². The normalized spacial score (nSPS) is 15.8. The molecule has 64 heavy (non-hydrogen) atoms. The summed E-state index contributed by atoms with van der Waals surface area (Å²) in [5.74, 6) is 0. The first-order valence-corrected chi connectivity index (χ1v) is 22.4. The largest absolute Gasteiger partial charge is 0.310 e. The van der Waals surface area contributed by atoms with Crippen LogP contribution in [0.3, 0.4) is 0 Å². The molecule has 0 radical (unpaired) electrons. The molecule has 10 aromatic rings. The van der Waals surface area contributed by atoms with Crippen molar-refractivity contribution in [3.05, 3.63) is 264 Å². The number of anilines is 6. The molecule has 0 N–H and O–H groups in total. The van der Waals surface area contributed by atoms with Crippen LogP contribution in [0.1, 0.15) is 47.2 Å². The molecule has 1 aliphatic heterocycles. The van der Waals surface area contributed by atoms with Crippen LogP contribution >= 0.6 is 0 Å². The van der Waals surface area contributed by atoms with Gasteiger partial charge in [0.1, 0.15) is 0 Å². The summed E-state index contributed by atoms with van der Waals surface area (Å²) in [5, 5.41) is 2.45. The summed E-state index contributed by atoms with van der Waals surface area (Å²) in [6, 6.07) is 85.7. The minimum Gasteiger partial charge on any atom is -0.310 e. The molecule has 3 aliphatic rings. The lowest BCUT2D eigenvalue weighted by molar-refractivity contribution is 0.660. The summed E-state index contributed by atoms with van der Waals surface area (Å²) in [6.07, 6.45) is 0. The van der Waals surface area contributed by atoms with Crippen molar-refractivity contribution in [2.24, 2.45) is 0 Å². The fourth-order valence-corrected chi connectivity index (χ4v) is 11.6. The smallest absolute Gasteiger partial charge is 0.0754 e. The summed E-state index contributed by atoms with van der Waals surface area (Å²) in [5.41, 5.74) is 22.0. The molecule has 0 bridgehead atoms. The summed E-state index contributed by atoms with van der Waals surface area (Å²) >= 11 is 0. The zero-order valence-electron chi connectivity index (χ0n) is 35.8. The van der Waals surface area contributed by atoms with Crippen LogP contribution in [0.2, 0.25) is 0 Å². The van der Waals surface area contributed by atoms with Crippen LogP contribution in [-0.2, 0) is 10.8 Å². The van der Waals surface area contributed by atoms with Gasteiger partial charge < -0.3 is 9.80 Å². The van der Waals surface area contributed by atoms with Gasteiger partial charge >= 0.3 is 0 Å². The Kier molecular flexibility index (Phi) is 7.90. The van der Waals surface area contributed by atoms with Gasteiger partial charge in [-0.25, -0.2) is 0 Å². The third-order valence-corrected chi connectivity index (χ3v) is 14.4. The Morgan fingerprint density at radius 3 is 1.83 bits per heavy atom. The van der Waals surface area contributed by atoms with Gasteiger partial charge in [-0.1, -0.05) is 184 Å². The lowest BCUT2D eigenvalue weighted by atomic mass is 9.64. The number of hydrogen-bond acceptors (Lipinski definition) is 2. The molecule has 13 rings (SSSR count). The van der Waals surface area contributed by atoms with Crippen molar-refractivity contribution in [1.29, 1.82) is 0 Å².